The highest BCUT2D eigenvalue weighted by Crippen LogP contribution is 2.25. The van der Waals surface area contributed by atoms with Crippen molar-refractivity contribution in [3.8, 4) is 0 Å². The molecule has 20 heavy (non-hydrogen) atoms. The first-order chi connectivity index (χ1) is 9.12. The van der Waals surface area contributed by atoms with E-state index in [4.69, 9.17) is 0 Å². The van der Waals surface area contributed by atoms with Crippen molar-refractivity contribution in [3.05, 3.63) is 35.4 Å². The molecule has 0 aliphatic carbocycles. The molecule has 3 nitrogen and oxygen atoms in total. The fourth-order valence-corrected chi connectivity index (χ4v) is 3.27. The van der Waals surface area contributed by atoms with E-state index in [0.29, 0.717) is 12.1 Å². The summed E-state index contributed by atoms with van der Waals surface area (Å²) in [4.78, 5) is 0. The molecule has 0 aliphatic rings. The van der Waals surface area contributed by atoms with Gasteiger partial charge in [-0.15, -0.1) is 0 Å². The van der Waals surface area contributed by atoms with Gasteiger partial charge >= 0.3 is 0 Å². The SMILES string of the molecule is CC(C)CS(=O)(=O)N[C@H](c1cc(F)ccc1F)C(F)F. The van der Waals surface area contributed by atoms with Crippen LogP contribution in [-0.2, 0) is 10.0 Å². The van der Waals surface area contributed by atoms with E-state index in [1.165, 1.54) is 0 Å². The number of alkyl halides is 2. The van der Waals surface area contributed by atoms with Crippen LogP contribution in [0.5, 0.6) is 0 Å². The van der Waals surface area contributed by atoms with Gasteiger partial charge < -0.3 is 0 Å². The van der Waals surface area contributed by atoms with Crippen molar-refractivity contribution in [1.82, 2.24) is 4.72 Å². The minimum Gasteiger partial charge on any atom is -0.212 e. The van der Waals surface area contributed by atoms with E-state index in [2.05, 4.69) is 0 Å². The van der Waals surface area contributed by atoms with Crippen LogP contribution < -0.4 is 4.72 Å². The standard InChI is InChI=1S/C12H15F4NO2S/c1-7(2)6-20(18,19)17-11(12(15)16)9-5-8(13)3-4-10(9)14/h3-5,7,11-12,17H,6H2,1-2H3/t11-/m1/s1. The van der Waals surface area contributed by atoms with Gasteiger partial charge in [-0.05, 0) is 24.1 Å². The molecule has 1 aromatic rings. The van der Waals surface area contributed by atoms with Crippen molar-refractivity contribution in [1.29, 1.82) is 0 Å². The van der Waals surface area contributed by atoms with E-state index in [1.807, 2.05) is 0 Å². The van der Waals surface area contributed by atoms with Crippen molar-refractivity contribution in [2.45, 2.75) is 26.3 Å². The number of halogens is 4. The molecule has 114 valence electrons. The predicted molar refractivity (Wildman–Crippen MR) is 66.9 cm³/mol. The highest BCUT2D eigenvalue weighted by Gasteiger charge is 2.30. The summed E-state index contributed by atoms with van der Waals surface area (Å²) in [5.41, 5.74) is -0.715. The average molecular weight is 313 g/mol. The lowest BCUT2D eigenvalue weighted by molar-refractivity contribution is 0.107. The molecule has 0 heterocycles. The van der Waals surface area contributed by atoms with Crippen LogP contribution in [0.4, 0.5) is 17.6 Å². The Balaban J connectivity index is 3.10. The summed E-state index contributed by atoms with van der Waals surface area (Å²) in [5, 5.41) is 0. The number of rotatable bonds is 6. The van der Waals surface area contributed by atoms with Gasteiger partial charge in [0.2, 0.25) is 10.0 Å². The zero-order valence-electron chi connectivity index (χ0n) is 10.9. The van der Waals surface area contributed by atoms with Gasteiger partial charge in [-0.1, -0.05) is 13.8 Å². The second-order valence-electron chi connectivity index (χ2n) is 4.77. The third-order valence-corrected chi connectivity index (χ3v) is 4.12. The van der Waals surface area contributed by atoms with Crippen LogP contribution in [-0.4, -0.2) is 20.6 Å². The Bertz CT molecular complexity index is 561. The van der Waals surface area contributed by atoms with Gasteiger partial charge in [-0.3, -0.25) is 0 Å². The second-order valence-corrected chi connectivity index (χ2v) is 6.57. The Kier molecular flexibility index (Phi) is 5.52. The van der Waals surface area contributed by atoms with Gasteiger partial charge in [-0.2, -0.15) is 0 Å². The normalized spacial score (nSPS) is 14.0. The Morgan fingerprint density at radius 1 is 1.20 bits per heavy atom. The summed E-state index contributed by atoms with van der Waals surface area (Å²) >= 11 is 0. The van der Waals surface area contributed by atoms with E-state index in [-0.39, 0.29) is 11.7 Å². The number of benzene rings is 1. The molecule has 0 spiro atoms. The maximum Gasteiger partial charge on any atom is 0.258 e. The van der Waals surface area contributed by atoms with Crippen LogP contribution in [0, 0.1) is 17.6 Å². The molecule has 0 radical (unpaired) electrons. The van der Waals surface area contributed by atoms with Crippen molar-refractivity contribution in [2.75, 3.05) is 5.75 Å². The maximum absolute atomic E-state index is 13.5. The van der Waals surface area contributed by atoms with Crippen molar-refractivity contribution in [2.24, 2.45) is 5.92 Å². The molecular formula is C12H15F4NO2S. The molecule has 0 bridgehead atoms. The molecule has 0 fully saturated rings. The molecule has 8 heteroatoms. The second kappa shape index (κ2) is 6.53. The Labute approximate surface area is 115 Å². The van der Waals surface area contributed by atoms with Crippen LogP contribution in [0.3, 0.4) is 0 Å². The van der Waals surface area contributed by atoms with Gasteiger partial charge in [0.25, 0.3) is 6.43 Å². The quantitative estimate of drug-likeness (QED) is 0.821. The zero-order valence-corrected chi connectivity index (χ0v) is 11.7. The van der Waals surface area contributed by atoms with Crippen molar-refractivity contribution < 1.29 is 26.0 Å². The molecule has 1 N–H and O–H groups in total. The molecule has 0 aliphatic heterocycles. The number of sulfonamides is 1. The average Bonchev–Trinajstić information content (AvgIpc) is 2.27. The summed E-state index contributed by atoms with van der Waals surface area (Å²) in [5.74, 6) is -2.69. The molecule has 1 aromatic carbocycles. The lowest BCUT2D eigenvalue weighted by Gasteiger charge is -2.19. The Morgan fingerprint density at radius 3 is 2.30 bits per heavy atom. The van der Waals surface area contributed by atoms with Crippen LogP contribution in [0.2, 0.25) is 0 Å². The van der Waals surface area contributed by atoms with Crippen molar-refractivity contribution >= 4 is 10.0 Å². The Hall–Kier alpha value is -1.15. The van der Waals surface area contributed by atoms with Gasteiger partial charge in [0.05, 0.1) is 5.75 Å². The van der Waals surface area contributed by atoms with Crippen LogP contribution in [0.1, 0.15) is 25.5 Å². The molecule has 0 amide bonds. The Morgan fingerprint density at radius 2 is 1.80 bits per heavy atom. The summed E-state index contributed by atoms with van der Waals surface area (Å²) in [7, 11) is -4.02. The lowest BCUT2D eigenvalue weighted by atomic mass is 10.1. The first-order valence-electron chi connectivity index (χ1n) is 5.85. The van der Waals surface area contributed by atoms with E-state index < -0.39 is 39.7 Å². The topological polar surface area (TPSA) is 46.2 Å². The van der Waals surface area contributed by atoms with Gasteiger partial charge in [0.1, 0.15) is 17.7 Å². The maximum atomic E-state index is 13.5. The van der Waals surface area contributed by atoms with Gasteiger partial charge in [0.15, 0.2) is 0 Å². The lowest BCUT2D eigenvalue weighted by Crippen LogP contribution is -2.36. The van der Waals surface area contributed by atoms with Crippen LogP contribution in [0.25, 0.3) is 0 Å². The summed E-state index contributed by atoms with van der Waals surface area (Å²) in [6.45, 7) is 3.19. The summed E-state index contributed by atoms with van der Waals surface area (Å²) in [6, 6.07) is -0.111. The fourth-order valence-electron chi connectivity index (χ4n) is 1.68. The molecule has 1 atom stereocenters. The summed E-state index contributed by atoms with van der Waals surface area (Å²) < 4.78 is 77.5. The van der Waals surface area contributed by atoms with Crippen LogP contribution >= 0.6 is 0 Å². The van der Waals surface area contributed by atoms with Gasteiger partial charge in [0, 0.05) is 5.56 Å². The zero-order chi connectivity index (χ0) is 15.5. The minimum atomic E-state index is -4.02. The van der Waals surface area contributed by atoms with E-state index in [9.17, 15) is 26.0 Å². The predicted octanol–water partition coefficient (Wildman–Crippen LogP) is 2.85. The van der Waals surface area contributed by atoms with E-state index >= 15 is 0 Å². The van der Waals surface area contributed by atoms with Crippen molar-refractivity contribution in [3.63, 3.8) is 0 Å². The smallest absolute Gasteiger partial charge is 0.212 e. The highest BCUT2D eigenvalue weighted by molar-refractivity contribution is 7.89. The molecule has 0 unspecified atom stereocenters. The van der Waals surface area contributed by atoms with Crippen LogP contribution in [0.15, 0.2) is 18.2 Å². The molecule has 0 saturated heterocycles. The third kappa shape index (κ3) is 4.75. The largest absolute Gasteiger partial charge is 0.258 e. The molecule has 1 rings (SSSR count). The number of hydrogen-bond donors (Lipinski definition) is 1. The number of hydrogen-bond acceptors (Lipinski definition) is 2. The summed E-state index contributed by atoms with van der Waals surface area (Å²) in [6.07, 6.45) is -3.20. The first kappa shape index (κ1) is 16.9. The van der Waals surface area contributed by atoms with E-state index in [0.717, 1.165) is 6.07 Å². The molecular weight excluding hydrogens is 298 g/mol. The minimum absolute atomic E-state index is 0.289. The fraction of sp³-hybridized carbons (Fsp3) is 0.500. The highest BCUT2D eigenvalue weighted by atomic mass is 32.2. The van der Waals surface area contributed by atoms with Gasteiger partial charge in [-0.25, -0.2) is 30.7 Å². The van der Waals surface area contributed by atoms with E-state index in [1.54, 1.807) is 18.6 Å². The number of nitrogens with one attached hydrogen (secondary N) is 1. The first-order valence-corrected chi connectivity index (χ1v) is 7.50. The molecule has 0 saturated carbocycles. The monoisotopic (exact) mass is 313 g/mol. The third-order valence-electron chi connectivity index (χ3n) is 2.40. The molecule has 0 aromatic heterocycles.